The summed E-state index contributed by atoms with van der Waals surface area (Å²) >= 11 is 1.32. The van der Waals surface area contributed by atoms with Crippen molar-refractivity contribution in [1.29, 1.82) is 5.26 Å². The lowest BCUT2D eigenvalue weighted by molar-refractivity contribution is -0.112. The van der Waals surface area contributed by atoms with Crippen LogP contribution in [0.15, 0.2) is 48.2 Å². The number of rotatable bonds is 8. The zero-order valence-electron chi connectivity index (χ0n) is 16.3. The molecule has 148 valence electrons. The molecule has 3 aromatic rings. The van der Waals surface area contributed by atoms with Gasteiger partial charge >= 0.3 is 0 Å². The number of nitrogens with one attached hydrogen (secondary N) is 1. The first kappa shape index (κ1) is 20.3. The maximum Gasteiger partial charge on any atom is 0.268 e. The summed E-state index contributed by atoms with van der Waals surface area (Å²) < 4.78 is 7.36. The molecule has 0 spiro atoms. The molecule has 7 nitrogen and oxygen atoms in total. The number of hydrogen-bond donors (Lipinski definition) is 1. The number of aromatic nitrogens is 3. The van der Waals surface area contributed by atoms with E-state index in [9.17, 15) is 10.1 Å². The zero-order chi connectivity index (χ0) is 20.6. The number of nitrogens with zero attached hydrogens (tertiary/aromatic N) is 4. The van der Waals surface area contributed by atoms with E-state index in [-0.39, 0.29) is 5.57 Å². The number of anilines is 1. The molecule has 0 saturated heterocycles. The van der Waals surface area contributed by atoms with Crippen molar-refractivity contribution in [2.24, 2.45) is 0 Å². The van der Waals surface area contributed by atoms with E-state index in [2.05, 4.69) is 22.4 Å². The Morgan fingerprint density at radius 3 is 2.76 bits per heavy atom. The Hall–Kier alpha value is -3.44. The van der Waals surface area contributed by atoms with Gasteiger partial charge in [-0.1, -0.05) is 18.3 Å². The number of nitriles is 1. The van der Waals surface area contributed by atoms with Crippen molar-refractivity contribution < 1.29 is 9.53 Å². The van der Waals surface area contributed by atoms with Crippen molar-refractivity contribution in [3.63, 3.8) is 0 Å². The molecule has 1 N–H and O–H groups in total. The Bertz CT molecular complexity index is 1040. The fraction of sp³-hybridized carbons (Fsp3) is 0.238. The second kappa shape index (κ2) is 9.66. The largest absolute Gasteiger partial charge is 0.494 e. The monoisotopic (exact) mass is 407 g/mol. The minimum absolute atomic E-state index is 0.0110. The SMILES string of the molecule is CCCc1nnc(NC(=O)C(C#N)=Cc2cccn2-c2ccc(OCC)cc2)s1. The minimum Gasteiger partial charge on any atom is -0.494 e. The standard InChI is InChI=1S/C21H21N5O2S/c1-3-6-19-24-25-21(29-19)23-20(27)15(14-22)13-17-7-5-12-26(17)16-8-10-18(11-9-16)28-4-2/h5,7-13H,3-4,6H2,1-2H3,(H,23,25,27). The van der Waals surface area contributed by atoms with Gasteiger partial charge in [0.15, 0.2) is 0 Å². The summed E-state index contributed by atoms with van der Waals surface area (Å²) in [5.41, 5.74) is 1.60. The molecule has 8 heteroatoms. The van der Waals surface area contributed by atoms with E-state index in [1.807, 2.05) is 60.2 Å². The van der Waals surface area contributed by atoms with Crippen LogP contribution in [0.25, 0.3) is 11.8 Å². The first-order chi connectivity index (χ1) is 14.1. The molecule has 0 saturated carbocycles. The van der Waals surface area contributed by atoms with E-state index in [1.165, 1.54) is 11.3 Å². The number of aryl methyl sites for hydroxylation is 1. The van der Waals surface area contributed by atoms with Crippen LogP contribution in [0.2, 0.25) is 0 Å². The lowest BCUT2D eigenvalue weighted by Crippen LogP contribution is -2.13. The molecule has 2 heterocycles. The van der Waals surface area contributed by atoms with Crippen LogP contribution >= 0.6 is 11.3 Å². The van der Waals surface area contributed by atoms with Gasteiger partial charge in [-0.3, -0.25) is 10.1 Å². The predicted octanol–water partition coefficient (Wildman–Crippen LogP) is 4.23. The van der Waals surface area contributed by atoms with Gasteiger partial charge in [-0.25, -0.2) is 0 Å². The van der Waals surface area contributed by atoms with Crippen LogP contribution in [0, 0.1) is 11.3 Å². The van der Waals surface area contributed by atoms with Gasteiger partial charge in [0.25, 0.3) is 5.91 Å². The third-order valence-corrected chi connectivity index (χ3v) is 4.91. The summed E-state index contributed by atoms with van der Waals surface area (Å²) in [5.74, 6) is 0.281. The van der Waals surface area contributed by atoms with Crippen molar-refractivity contribution in [3.8, 4) is 17.5 Å². The molecule has 0 bridgehead atoms. The topological polar surface area (TPSA) is 92.8 Å². The summed E-state index contributed by atoms with van der Waals surface area (Å²) in [7, 11) is 0. The molecule has 1 amide bonds. The molecule has 2 aromatic heterocycles. The van der Waals surface area contributed by atoms with Gasteiger partial charge in [-0.15, -0.1) is 10.2 Å². The molecule has 29 heavy (non-hydrogen) atoms. The smallest absolute Gasteiger partial charge is 0.268 e. The summed E-state index contributed by atoms with van der Waals surface area (Å²) in [6.45, 7) is 4.59. The van der Waals surface area contributed by atoms with Crippen LogP contribution < -0.4 is 10.1 Å². The number of hydrogen-bond acceptors (Lipinski definition) is 6. The van der Waals surface area contributed by atoms with E-state index >= 15 is 0 Å². The van der Waals surface area contributed by atoms with Crippen LogP contribution in [0.3, 0.4) is 0 Å². The maximum atomic E-state index is 12.5. The molecule has 0 atom stereocenters. The molecule has 0 unspecified atom stereocenters. The van der Waals surface area contributed by atoms with Gasteiger partial charge in [-0.2, -0.15) is 5.26 Å². The number of benzene rings is 1. The fourth-order valence-electron chi connectivity index (χ4n) is 2.70. The van der Waals surface area contributed by atoms with Crippen LogP contribution in [0.5, 0.6) is 5.75 Å². The van der Waals surface area contributed by atoms with Crippen molar-refractivity contribution in [3.05, 3.63) is 58.9 Å². The zero-order valence-corrected chi connectivity index (χ0v) is 17.1. The van der Waals surface area contributed by atoms with E-state index in [0.29, 0.717) is 17.4 Å². The Labute approximate surface area is 173 Å². The van der Waals surface area contributed by atoms with Gasteiger partial charge < -0.3 is 9.30 Å². The van der Waals surface area contributed by atoms with Gasteiger partial charge in [0.1, 0.15) is 22.4 Å². The second-order valence-corrected chi connectivity index (χ2v) is 7.17. The second-order valence-electron chi connectivity index (χ2n) is 6.10. The van der Waals surface area contributed by atoms with Crippen LogP contribution in [-0.2, 0) is 11.2 Å². The number of carbonyl (C=O) groups excluding carboxylic acids is 1. The fourth-order valence-corrected chi connectivity index (χ4v) is 3.53. The summed E-state index contributed by atoms with van der Waals surface area (Å²) in [6.07, 6.45) is 5.19. The molecule has 3 rings (SSSR count). The molecule has 0 radical (unpaired) electrons. The number of amides is 1. The highest BCUT2D eigenvalue weighted by molar-refractivity contribution is 7.15. The Morgan fingerprint density at radius 1 is 1.28 bits per heavy atom. The number of carbonyl (C=O) groups is 1. The van der Waals surface area contributed by atoms with E-state index < -0.39 is 5.91 Å². The van der Waals surface area contributed by atoms with Crippen molar-refractivity contribution in [2.45, 2.75) is 26.7 Å². The molecule has 0 fully saturated rings. The Morgan fingerprint density at radius 2 is 2.07 bits per heavy atom. The van der Waals surface area contributed by atoms with Crippen molar-refractivity contribution >= 4 is 28.5 Å². The van der Waals surface area contributed by atoms with E-state index in [4.69, 9.17) is 4.74 Å². The summed E-state index contributed by atoms with van der Waals surface area (Å²) in [6, 6.07) is 13.3. The highest BCUT2D eigenvalue weighted by atomic mass is 32.1. The minimum atomic E-state index is -0.508. The first-order valence-corrected chi connectivity index (χ1v) is 10.1. The summed E-state index contributed by atoms with van der Waals surface area (Å²) in [5, 5.41) is 21.4. The highest BCUT2D eigenvalue weighted by Gasteiger charge is 2.14. The number of ether oxygens (including phenoxy) is 1. The molecule has 0 aliphatic carbocycles. The third-order valence-electron chi connectivity index (χ3n) is 4.01. The summed E-state index contributed by atoms with van der Waals surface area (Å²) in [4.78, 5) is 12.5. The maximum absolute atomic E-state index is 12.5. The Kier molecular flexibility index (Phi) is 6.76. The molecule has 0 aliphatic rings. The van der Waals surface area contributed by atoms with Gasteiger partial charge in [0, 0.05) is 24.0 Å². The lowest BCUT2D eigenvalue weighted by atomic mass is 10.2. The van der Waals surface area contributed by atoms with Crippen LogP contribution in [-0.4, -0.2) is 27.3 Å². The highest BCUT2D eigenvalue weighted by Crippen LogP contribution is 2.21. The molecular weight excluding hydrogens is 386 g/mol. The average Bonchev–Trinajstić information content (AvgIpc) is 3.36. The van der Waals surface area contributed by atoms with Crippen LogP contribution in [0.4, 0.5) is 5.13 Å². The van der Waals surface area contributed by atoms with E-state index in [1.54, 1.807) is 6.08 Å². The van der Waals surface area contributed by atoms with Gasteiger partial charge in [0.2, 0.25) is 5.13 Å². The average molecular weight is 407 g/mol. The Balaban J connectivity index is 1.79. The molecule has 1 aromatic carbocycles. The van der Waals surface area contributed by atoms with Gasteiger partial charge in [-0.05, 0) is 55.8 Å². The van der Waals surface area contributed by atoms with Crippen molar-refractivity contribution in [2.75, 3.05) is 11.9 Å². The molecule has 0 aliphatic heterocycles. The molecular formula is C21H21N5O2S. The van der Waals surface area contributed by atoms with Gasteiger partial charge in [0.05, 0.1) is 6.61 Å². The normalized spacial score (nSPS) is 11.1. The first-order valence-electron chi connectivity index (χ1n) is 9.30. The van der Waals surface area contributed by atoms with Crippen molar-refractivity contribution in [1.82, 2.24) is 14.8 Å². The quantitative estimate of drug-likeness (QED) is 0.446. The van der Waals surface area contributed by atoms with Crippen LogP contribution in [0.1, 0.15) is 31.0 Å². The van der Waals surface area contributed by atoms with E-state index in [0.717, 1.165) is 29.3 Å². The third kappa shape index (κ3) is 5.09. The predicted molar refractivity (Wildman–Crippen MR) is 113 cm³/mol. The lowest BCUT2D eigenvalue weighted by Gasteiger charge is -2.09.